The van der Waals surface area contributed by atoms with Gasteiger partial charge < -0.3 is 13.6 Å². The fourth-order valence-electron chi connectivity index (χ4n) is 6.30. The van der Waals surface area contributed by atoms with E-state index in [9.17, 15) is 0 Å². The first-order valence-corrected chi connectivity index (χ1v) is 14.1. The molecular formula is C37H24N4O. The predicted octanol–water partition coefficient (Wildman–Crippen LogP) is 9.33. The third-order valence-electron chi connectivity index (χ3n) is 8.20. The van der Waals surface area contributed by atoms with Crippen molar-refractivity contribution in [1.82, 2.24) is 18.9 Å². The summed E-state index contributed by atoms with van der Waals surface area (Å²) < 4.78 is 12.6. The normalized spacial score (nSPS) is 11.8. The van der Waals surface area contributed by atoms with Gasteiger partial charge in [-0.05, 0) is 72.3 Å². The Bertz CT molecular complexity index is 2410. The monoisotopic (exact) mass is 540 g/mol. The highest BCUT2D eigenvalue weighted by Gasteiger charge is 2.19. The van der Waals surface area contributed by atoms with Crippen LogP contribution in [0.5, 0.6) is 0 Å². The van der Waals surface area contributed by atoms with E-state index in [0.29, 0.717) is 0 Å². The molecule has 9 aromatic rings. The zero-order chi connectivity index (χ0) is 27.6. The second-order valence-corrected chi connectivity index (χ2v) is 10.6. The Balaban J connectivity index is 1.27. The van der Waals surface area contributed by atoms with Gasteiger partial charge in [0.05, 0.1) is 22.9 Å². The molecule has 0 N–H and O–H groups in total. The summed E-state index contributed by atoms with van der Waals surface area (Å²) in [5.41, 5.74) is 8.43. The highest BCUT2D eigenvalue weighted by Crippen LogP contribution is 2.37. The summed E-state index contributed by atoms with van der Waals surface area (Å²) in [6.07, 6.45) is 6.12. The van der Waals surface area contributed by atoms with Gasteiger partial charge in [0.1, 0.15) is 17.0 Å². The molecular weight excluding hydrogens is 516 g/mol. The van der Waals surface area contributed by atoms with Crippen molar-refractivity contribution < 1.29 is 4.42 Å². The lowest BCUT2D eigenvalue weighted by Gasteiger charge is -2.12. The number of para-hydroxylation sites is 3. The molecule has 5 aromatic carbocycles. The third kappa shape index (κ3) is 3.34. The van der Waals surface area contributed by atoms with E-state index in [4.69, 9.17) is 9.52 Å². The predicted molar refractivity (Wildman–Crippen MR) is 170 cm³/mol. The van der Waals surface area contributed by atoms with E-state index in [2.05, 4.69) is 113 Å². The first-order chi connectivity index (χ1) is 20.8. The van der Waals surface area contributed by atoms with Crippen molar-refractivity contribution >= 4 is 43.7 Å². The quantitative estimate of drug-likeness (QED) is 0.223. The minimum atomic E-state index is 0.870. The zero-order valence-corrected chi connectivity index (χ0v) is 22.6. The van der Waals surface area contributed by atoms with E-state index in [-0.39, 0.29) is 0 Å². The number of aromatic nitrogens is 4. The molecule has 0 unspecified atom stereocenters. The molecule has 0 radical (unpaired) electrons. The van der Waals surface area contributed by atoms with Crippen LogP contribution in [-0.4, -0.2) is 18.9 Å². The van der Waals surface area contributed by atoms with Crippen molar-refractivity contribution in [2.75, 3.05) is 0 Å². The van der Waals surface area contributed by atoms with Gasteiger partial charge >= 0.3 is 0 Å². The Kier molecular flexibility index (Phi) is 4.83. The van der Waals surface area contributed by atoms with Crippen LogP contribution in [0.4, 0.5) is 0 Å². The maximum absolute atomic E-state index is 6.09. The molecule has 42 heavy (non-hydrogen) atoms. The Morgan fingerprint density at radius 3 is 2.14 bits per heavy atom. The van der Waals surface area contributed by atoms with Crippen LogP contribution < -0.4 is 0 Å². The summed E-state index contributed by atoms with van der Waals surface area (Å²) >= 11 is 0. The SMILES string of the molecule is c1ccc(-n2c3ccccc3c3cc(-c4cnn(-c5ccc6oc7ccccc7c6c5)c4-n4cccc4)ccc32)cc1. The Labute approximate surface area is 241 Å². The molecule has 0 aliphatic heterocycles. The van der Waals surface area contributed by atoms with Crippen molar-refractivity contribution in [2.45, 2.75) is 0 Å². The minimum Gasteiger partial charge on any atom is -0.456 e. The van der Waals surface area contributed by atoms with Gasteiger partial charge in [-0.3, -0.25) is 0 Å². The number of hydrogen-bond acceptors (Lipinski definition) is 2. The van der Waals surface area contributed by atoms with Crippen LogP contribution in [0.1, 0.15) is 0 Å². The number of hydrogen-bond donors (Lipinski definition) is 0. The molecule has 0 spiro atoms. The molecule has 0 aliphatic carbocycles. The number of nitrogens with zero attached hydrogens (tertiary/aromatic N) is 4. The summed E-state index contributed by atoms with van der Waals surface area (Å²) in [5.74, 6) is 0.985. The molecule has 0 saturated carbocycles. The fourth-order valence-corrected chi connectivity index (χ4v) is 6.30. The lowest BCUT2D eigenvalue weighted by Crippen LogP contribution is -2.05. The second-order valence-electron chi connectivity index (χ2n) is 10.6. The van der Waals surface area contributed by atoms with E-state index in [1.165, 1.54) is 21.8 Å². The van der Waals surface area contributed by atoms with Crippen LogP contribution >= 0.6 is 0 Å². The Morgan fingerprint density at radius 1 is 0.524 bits per heavy atom. The molecule has 5 heteroatoms. The molecule has 5 nitrogen and oxygen atoms in total. The summed E-state index contributed by atoms with van der Waals surface area (Å²) in [7, 11) is 0. The van der Waals surface area contributed by atoms with Crippen LogP contribution in [0.25, 0.3) is 72.1 Å². The Hall–Kier alpha value is -5.81. The topological polar surface area (TPSA) is 40.8 Å². The highest BCUT2D eigenvalue weighted by atomic mass is 16.3. The number of furan rings is 1. The van der Waals surface area contributed by atoms with E-state index in [1.807, 2.05) is 47.3 Å². The summed E-state index contributed by atoms with van der Waals surface area (Å²) in [6.45, 7) is 0. The van der Waals surface area contributed by atoms with Gasteiger partial charge in [0, 0.05) is 45.2 Å². The van der Waals surface area contributed by atoms with Crippen LogP contribution in [0.2, 0.25) is 0 Å². The van der Waals surface area contributed by atoms with Gasteiger partial charge in [0.2, 0.25) is 0 Å². The highest BCUT2D eigenvalue weighted by molar-refractivity contribution is 6.10. The minimum absolute atomic E-state index is 0.870. The van der Waals surface area contributed by atoms with Gasteiger partial charge in [-0.1, -0.05) is 60.7 Å². The standard InChI is InChI=1S/C37H24N4O/c1-2-10-26(11-3-1)40-33-14-6-4-12-28(33)30-22-25(16-18-34(30)40)32-24-38-41(37(32)39-20-8-9-21-39)27-17-19-36-31(23-27)29-13-5-7-15-35(29)42-36/h1-24H. The molecule has 4 aromatic heterocycles. The summed E-state index contributed by atoms with van der Waals surface area (Å²) in [5, 5.41) is 9.56. The first-order valence-electron chi connectivity index (χ1n) is 14.1. The molecule has 198 valence electrons. The molecule has 0 fully saturated rings. The molecule has 0 bridgehead atoms. The molecule has 9 rings (SSSR count). The average Bonchev–Trinajstić information content (AvgIpc) is 3.84. The van der Waals surface area contributed by atoms with Gasteiger partial charge in [0.15, 0.2) is 0 Å². The van der Waals surface area contributed by atoms with Crippen molar-refractivity contribution in [1.29, 1.82) is 0 Å². The number of fused-ring (bicyclic) bond motifs is 6. The third-order valence-corrected chi connectivity index (χ3v) is 8.20. The van der Waals surface area contributed by atoms with Gasteiger partial charge in [-0.2, -0.15) is 5.10 Å². The van der Waals surface area contributed by atoms with Crippen molar-refractivity contribution in [3.05, 3.63) is 146 Å². The number of rotatable bonds is 4. The molecule has 0 amide bonds. The van der Waals surface area contributed by atoms with Crippen LogP contribution in [-0.2, 0) is 0 Å². The van der Waals surface area contributed by atoms with E-state index < -0.39 is 0 Å². The maximum atomic E-state index is 6.09. The first kappa shape index (κ1) is 22.9. The van der Waals surface area contributed by atoms with Crippen molar-refractivity contribution in [3.8, 4) is 28.3 Å². The molecule has 0 aliphatic rings. The van der Waals surface area contributed by atoms with Gasteiger partial charge in [-0.25, -0.2) is 4.68 Å². The van der Waals surface area contributed by atoms with Gasteiger partial charge in [-0.15, -0.1) is 0 Å². The van der Waals surface area contributed by atoms with Crippen molar-refractivity contribution in [2.24, 2.45) is 0 Å². The van der Waals surface area contributed by atoms with E-state index in [1.54, 1.807) is 0 Å². The van der Waals surface area contributed by atoms with Gasteiger partial charge in [0.25, 0.3) is 0 Å². The van der Waals surface area contributed by atoms with Crippen LogP contribution in [0, 0.1) is 0 Å². The maximum Gasteiger partial charge on any atom is 0.148 e. The van der Waals surface area contributed by atoms with E-state index in [0.717, 1.165) is 50.3 Å². The molecule has 0 saturated heterocycles. The largest absolute Gasteiger partial charge is 0.456 e. The smallest absolute Gasteiger partial charge is 0.148 e. The number of benzene rings is 5. The molecule has 4 heterocycles. The Morgan fingerprint density at radius 2 is 1.26 bits per heavy atom. The van der Waals surface area contributed by atoms with Crippen LogP contribution in [0.15, 0.2) is 150 Å². The average molecular weight is 541 g/mol. The van der Waals surface area contributed by atoms with Crippen molar-refractivity contribution in [3.63, 3.8) is 0 Å². The lowest BCUT2D eigenvalue weighted by molar-refractivity contribution is 0.668. The fraction of sp³-hybridized carbons (Fsp3) is 0. The summed E-state index contributed by atoms with van der Waals surface area (Å²) in [6, 6.07) is 44.5. The summed E-state index contributed by atoms with van der Waals surface area (Å²) in [4.78, 5) is 0. The second kappa shape index (κ2) is 8.85. The lowest BCUT2D eigenvalue weighted by atomic mass is 10.0. The molecule has 0 atom stereocenters. The zero-order valence-electron chi connectivity index (χ0n) is 22.6. The van der Waals surface area contributed by atoms with E-state index >= 15 is 0 Å². The van der Waals surface area contributed by atoms with Crippen LogP contribution in [0.3, 0.4) is 0 Å².